The van der Waals surface area contributed by atoms with Crippen molar-refractivity contribution in [3.63, 3.8) is 0 Å². The molecule has 10 nitrogen and oxygen atoms in total. The van der Waals surface area contributed by atoms with Crippen LogP contribution in [0.15, 0.2) is 17.2 Å². The summed E-state index contributed by atoms with van der Waals surface area (Å²) >= 11 is 5.15. The van der Waals surface area contributed by atoms with Gasteiger partial charge in [0.2, 0.25) is 4.77 Å². The van der Waals surface area contributed by atoms with Crippen LogP contribution in [-0.2, 0) is 4.74 Å². The maximum Gasteiger partial charge on any atom is 0.274 e. The number of nitrogens with one attached hydrogen (secondary N) is 1. The van der Waals surface area contributed by atoms with Gasteiger partial charge in [-0.3, -0.25) is 15.2 Å². The van der Waals surface area contributed by atoms with Gasteiger partial charge in [0.15, 0.2) is 17.3 Å². The number of methoxy groups -OCH3 is 1. The normalized spacial score (nSPS) is 17.2. The zero-order chi connectivity index (χ0) is 18.0. The molecular formula is C14H15N5O5S. The second-order valence-electron chi connectivity index (χ2n) is 5.29. The molecule has 3 rings (SSSR count). The van der Waals surface area contributed by atoms with Gasteiger partial charge >= 0.3 is 0 Å². The Hall–Kier alpha value is -2.79. The van der Waals surface area contributed by atoms with Crippen LogP contribution in [0.3, 0.4) is 0 Å². The van der Waals surface area contributed by atoms with Crippen LogP contribution in [0.4, 0.5) is 5.69 Å². The highest BCUT2D eigenvalue weighted by atomic mass is 32.1. The van der Waals surface area contributed by atoms with E-state index in [9.17, 15) is 15.2 Å². The molecular weight excluding hydrogens is 350 g/mol. The van der Waals surface area contributed by atoms with Crippen LogP contribution in [-0.4, -0.2) is 44.8 Å². The molecule has 25 heavy (non-hydrogen) atoms. The Morgan fingerprint density at radius 2 is 2.44 bits per heavy atom. The maximum absolute atomic E-state index is 11.0. The number of nitro groups is 1. The summed E-state index contributed by atoms with van der Waals surface area (Å²) in [6.45, 7) is 0.636. The van der Waals surface area contributed by atoms with Gasteiger partial charge in [0.25, 0.3) is 5.69 Å². The molecule has 1 aliphatic heterocycles. The smallest absolute Gasteiger partial charge is 0.274 e. The quantitative estimate of drug-likeness (QED) is 0.360. The third-order valence-corrected chi connectivity index (χ3v) is 3.99. The minimum atomic E-state index is -0.583. The fourth-order valence-electron chi connectivity index (χ4n) is 2.50. The Morgan fingerprint density at radius 1 is 1.64 bits per heavy atom. The van der Waals surface area contributed by atoms with E-state index < -0.39 is 4.92 Å². The topological polar surface area (TPSA) is 128 Å². The lowest BCUT2D eigenvalue weighted by molar-refractivity contribution is -0.385. The minimum absolute atomic E-state index is 0.0224. The first-order valence-corrected chi connectivity index (χ1v) is 7.80. The summed E-state index contributed by atoms with van der Waals surface area (Å²) in [5.41, 5.74) is -0.112. The molecule has 0 saturated carbocycles. The molecule has 1 aromatic heterocycles. The Bertz CT molecular complexity index is 884. The molecule has 0 bridgehead atoms. The van der Waals surface area contributed by atoms with E-state index in [1.807, 2.05) is 0 Å². The highest BCUT2D eigenvalue weighted by molar-refractivity contribution is 7.71. The summed E-state index contributed by atoms with van der Waals surface area (Å²) < 4.78 is 12.2. The number of aromatic amines is 1. The van der Waals surface area contributed by atoms with Crippen molar-refractivity contribution in [1.82, 2.24) is 14.9 Å². The monoisotopic (exact) mass is 365 g/mol. The number of H-pyrrole nitrogens is 1. The van der Waals surface area contributed by atoms with Gasteiger partial charge in [-0.15, -0.1) is 0 Å². The first-order valence-electron chi connectivity index (χ1n) is 7.40. The van der Waals surface area contributed by atoms with Crippen LogP contribution < -0.4 is 4.74 Å². The Labute approximate surface area is 146 Å². The first-order chi connectivity index (χ1) is 12.0. The SMILES string of the molecule is COc1cc([N+](=O)[O-])cc(/C=N\n2c(C3CCCO3)n[nH]c2=S)c1O. The molecule has 1 atom stereocenters. The molecule has 2 heterocycles. The van der Waals surface area contributed by atoms with Gasteiger partial charge in [-0.25, -0.2) is 0 Å². The number of phenolic OH excluding ortho intramolecular Hbond substituents is 1. The summed E-state index contributed by atoms with van der Waals surface area (Å²) in [6.07, 6.45) is 2.75. The van der Waals surface area contributed by atoms with Gasteiger partial charge in [-0.05, 0) is 25.1 Å². The highest BCUT2D eigenvalue weighted by Crippen LogP contribution is 2.33. The molecule has 0 aliphatic carbocycles. The predicted molar refractivity (Wildman–Crippen MR) is 89.6 cm³/mol. The van der Waals surface area contributed by atoms with E-state index in [4.69, 9.17) is 21.7 Å². The maximum atomic E-state index is 11.0. The number of phenols is 1. The fraction of sp³-hybridized carbons (Fsp3) is 0.357. The zero-order valence-electron chi connectivity index (χ0n) is 13.2. The van der Waals surface area contributed by atoms with Crippen LogP contribution in [0.2, 0.25) is 0 Å². The van der Waals surface area contributed by atoms with Crippen LogP contribution in [0, 0.1) is 14.9 Å². The van der Waals surface area contributed by atoms with E-state index in [-0.39, 0.29) is 33.6 Å². The van der Waals surface area contributed by atoms with E-state index >= 15 is 0 Å². The van der Waals surface area contributed by atoms with Crippen molar-refractivity contribution >= 4 is 24.1 Å². The van der Waals surface area contributed by atoms with Crippen LogP contribution in [0.5, 0.6) is 11.5 Å². The molecule has 132 valence electrons. The molecule has 2 N–H and O–H groups in total. The highest BCUT2D eigenvalue weighted by Gasteiger charge is 2.23. The fourth-order valence-corrected chi connectivity index (χ4v) is 2.69. The molecule has 1 saturated heterocycles. The number of ether oxygens (including phenoxy) is 2. The van der Waals surface area contributed by atoms with Crippen molar-refractivity contribution < 1.29 is 19.5 Å². The summed E-state index contributed by atoms with van der Waals surface area (Å²) in [4.78, 5) is 10.4. The summed E-state index contributed by atoms with van der Waals surface area (Å²) in [5, 5.41) is 32.1. The molecule has 1 fully saturated rings. The minimum Gasteiger partial charge on any atom is -0.504 e. The van der Waals surface area contributed by atoms with Crippen molar-refractivity contribution in [2.45, 2.75) is 18.9 Å². The Kier molecular flexibility index (Phi) is 4.76. The van der Waals surface area contributed by atoms with Crippen molar-refractivity contribution in [3.05, 3.63) is 38.4 Å². The number of nitro benzene ring substituents is 1. The number of rotatable bonds is 5. The van der Waals surface area contributed by atoms with Gasteiger partial charge in [0.1, 0.15) is 6.10 Å². The van der Waals surface area contributed by atoms with Gasteiger partial charge in [-0.2, -0.15) is 14.9 Å². The first kappa shape index (κ1) is 17.0. The molecule has 0 radical (unpaired) electrons. The van der Waals surface area contributed by atoms with Gasteiger partial charge in [0, 0.05) is 18.2 Å². The standard InChI is InChI=1S/C14H15N5O5S/c1-23-11-6-9(19(21)22)5-8(12(11)20)7-15-18-13(16-17-14(18)25)10-3-2-4-24-10/h5-7,10,20H,2-4H2,1H3,(H,17,25)/b15-7-. The number of aromatic nitrogens is 3. The van der Waals surface area contributed by atoms with Gasteiger partial charge in [0.05, 0.1) is 24.3 Å². The molecule has 1 aromatic carbocycles. The van der Waals surface area contributed by atoms with E-state index in [1.54, 1.807) is 0 Å². The number of hydrogen-bond acceptors (Lipinski definition) is 8. The molecule has 2 aromatic rings. The van der Waals surface area contributed by atoms with Crippen LogP contribution in [0.1, 0.15) is 30.3 Å². The van der Waals surface area contributed by atoms with E-state index in [0.29, 0.717) is 12.4 Å². The van der Waals surface area contributed by atoms with Crippen molar-refractivity contribution in [2.75, 3.05) is 13.7 Å². The second kappa shape index (κ2) is 6.99. The Morgan fingerprint density at radius 3 is 3.08 bits per heavy atom. The third kappa shape index (κ3) is 3.37. The Balaban J connectivity index is 2.00. The van der Waals surface area contributed by atoms with Crippen molar-refractivity contribution in [2.24, 2.45) is 5.10 Å². The lowest BCUT2D eigenvalue weighted by atomic mass is 10.2. The number of nitrogens with zero attached hydrogens (tertiary/aromatic N) is 4. The molecule has 11 heteroatoms. The van der Waals surface area contributed by atoms with Gasteiger partial charge in [-0.1, -0.05) is 0 Å². The number of aromatic hydroxyl groups is 1. The second-order valence-corrected chi connectivity index (χ2v) is 5.67. The average Bonchev–Trinajstić information content (AvgIpc) is 3.23. The third-order valence-electron chi connectivity index (χ3n) is 3.73. The average molecular weight is 365 g/mol. The largest absolute Gasteiger partial charge is 0.504 e. The summed E-state index contributed by atoms with van der Waals surface area (Å²) in [7, 11) is 1.31. The molecule has 0 amide bonds. The molecule has 1 aliphatic rings. The van der Waals surface area contributed by atoms with E-state index in [0.717, 1.165) is 18.9 Å². The van der Waals surface area contributed by atoms with Gasteiger partial charge < -0.3 is 14.6 Å². The van der Waals surface area contributed by atoms with Crippen molar-refractivity contribution in [3.8, 4) is 11.5 Å². The lowest BCUT2D eigenvalue weighted by Gasteiger charge is -2.08. The van der Waals surface area contributed by atoms with Crippen molar-refractivity contribution in [1.29, 1.82) is 0 Å². The summed E-state index contributed by atoms with van der Waals surface area (Å²) in [5.74, 6) is 0.229. The molecule has 0 spiro atoms. The number of non-ortho nitro benzene ring substituents is 1. The van der Waals surface area contributed by atoms with Crippen LogP contribution >= 0.6 is 12.2 Å². The lowest BCUT2D eigenvalue weighted by Crippen LogP contribution is -2.05. The van der Waals surface area contributed by atoms with E-state index in [2.05, 4.69) is 15.3 Å². The van der Waals surface area contributed by atoms with E-state index in [1.165, 1.54) is 24.1 Å². The molecule has 1 unspecified atom stereocenters. The number of hydrogen-bond donors (Lipinski definition) is 2. The summed E-state index contributed by atoms with van der Waals surface area (Å²) in [6, 6.07) is 2.32. The predicted octanol–water partition coefficient (Wildman–Crippen LogP) is 2.30. The number of benzene rings is 1. The van der Waals surface area contributed by atoms with Crippen LogP contribution in [0.25, 0.3) is 0 Å². The zero-order valence-corrected chi connectivity index (χ0v) is 14.0.